The van der Waals surface area contributed by atoms with E-state index in [-0.39, 0.29) is 0 Å². The fourth-order valence-electron chi connectivity index (χ4n) is 3.07. The van der Waals surface area contributed by atoms with Crippen LogP contribution in [0.3, 0.4) is 0 Å². The van der Waals surface area contributed by atoms with E-state index in [4.69, 9.17) is 5.26 Å². The van der Waals surface area contributed by atoms with E-state index in [0.717, 1.165) is 38.4 Å². The van der Waals surface area contributed by atoms with Crippen molar-refractivity contribution in [2.45, 2.75) is 26.3 Å². The summed E-state index contributed by atoms with van der Waals surface area (Å²) >= 11 is 0. The van der Waals surface area contributed by atoms with E-state index in [1.807, 2.05) is 6.07 Å². The van der Waals surface area contributed by atoms with Gasteiger partial charge >= 0.3 is 0 Å². The second-order valence-corrected chi connectivity index (χ2v) is 6.67. The minimum Gasteiger partial charge on any atom is -0.368 e. The summed E-state index contributed by atoms with van der Waals surface area (Å²) in [5, 5.41) is 8.83. The van der Waals surface area contributed by atoms with Gasteiger partial charge in [0.05, 0.1) is 11.9 Å². The van der Waals surface area contributed by atoms with Gasteiger partial charge in [0.1, 0.15) is 11.8 Å². The molecular weight excluding hydrogens is 296 g/mol. The van der Waals surface area contributed by atoms with Crippen LogP contribution >= 0.6 is 0 Å². The first kappa shape index (κ1) is 16.5. The highest BCUT2D eigenvalue weighted by molar-refractivity contribution is 5.46. The molecule has 0 atom stereocenters. The van der Waals surface area contributed by atoms with E-state index in [9.17, 15) is 0 Å². The van der Waals surface area contributed by atoms with Crippen LogP contribution in [0.15, 0.2) is 42.6 Å². The fraction of sp³-hybridized carbons (Fsp3) is 0.400. The Bertz CT molecular complexity index is 690. The third-order valence-electron chi connectivity index (χ3n) is 4.65. The Morgan fingerprint density at radius 3 is 2.29 bits per heavy atom. The van der Waals surface area contributed by atoms with Gasteiger partial charge in [0.15, 0.2) is 0 Å². The predicted octanol–water partition coefficient (Wildman–Crippen LogP) is 3.40. The first-order valence-corrected chi connectivity index (χ1v) is 8.58. The Balaban J connectivity index is 1.54. The number of hydrogen-bond acceptors (Lipinski definition) is 4. The van der Waals surface area contributed by atoms with Crippen LogP contribution in [-0.2, 0) is 6.54 Å². The summed E-state index contributed by atoms with van der Waals surface area (Å²) in [7, 11) is 0. The number of rotatable bonds is 4. The van der Waals surface area contributed by atoms with Crippen LogP contribution in [0.4, 0.5) is 5.69 Å². The van der Waals surface area contributed by atoms with Crippen LogP contribution < -0.4 is 4.90 Å². The monoisotopic (exact) mass is 320 g/mol. The molecule has 4 nitrogen and oxygen atoms in total. The first-order chi connectivity index (χ1) is 11.7. The number of nitrogens with zero attached hydrogens (tertiary/aromatic N) is 4. The lowest BCUT2D eigenvalue weighted by atomic mass is 10.0. The average molecular weight is 320 g/mol. The molecule has 0 aliphatic carbocycles. The van der Waals surface area contributed by atoms with Crippen molar-refractivity contribution in [2.75, 3.05) is 31.1 Å². The lowest BCUT2D eigenvalue weighted by molar-refractivity contribution is 0.250. The van der Waals surface area contributed by atoms with Gasteiger partial charge in [-0.15, -0.1) is 0 Å². The second kappa shape index (κ2) is 7.46. The number of pyridine rings is 1. The lowest BCUT2D eigenvalue weighted by Crippen LogP contribution is -2.46. The van der Waals surface area contributed by atoms with Crippen LogP contribution in [0.5, 0.6) is 0 Å². The van der Waals surface area contributed by atoms with Crippen molar-refractivity contribution in [3.05, 3.63) is 59.4 Å². The molecule has 1 aromatic carbocycles. The number of nitriles is 1. The number of aromatic nitrogens is 1. The summed E-state index contributed by atoms with van der Waals surface area (Å²) in [6.07, 6.45) is 1.80. The molecule has 2 aromatic rings. The molecule has 3 rings (SSSR count). The van der Waals surface area contributed by atoms with Gasteiger partial charge in [-0.25, -0.2) is 4.98 Å². The third-order valence-corrected chi connectivity index (χ3v) is 4.65. The molecule has 1 fully saturated rings. The van der Waals surface area contributed by atoms with E-state index in [1.54, 1.807) is 12.3 Å². The summed E-state index contributed by atoms with van der Waals surface area (Å²) in [4.78, 5) is 9.00. The zero-order chi connectivity index (χ0) is 16.9. The highest BCUT2D eigenvalue weighted by atomic mass is 15.3. The molecule has 0 spiro atoms. The number of anilines is 1. The Kier molecular flexibility index (Phi) is 5.12. The maximum atomic E-state index is 8.83. The predicted molar refractivity (Wildman–Crippen MR) is 97.0 cm³/mol. The molecule has 0 amide bonds. The molecular formula is C20H24N4. The molecule has 1 aliphatic heterocycles. The molecule has 1 saturated heterocycles. The zero-order valence-corrected chi connectivity index (χ0v) is 14.4. The van der Waals surface area contributed by atoms with Crippen LogP contribution in [0.25, 0.3) is 0 Å². The van der Waals surface area contributed by atoms with Gasteiger partial charge in [-0.1, -0.05) is 38.1 Å². The van der Waals surface area contributed by atoms with Crippen molar-refractivity contribution >= 4 is 5.69 Å². The highest BCUT2D eigenvalue weighted by Gasteiger charge is 2.17. The maximum absolute atomic E-state index is 8.83. The SMILES string of the molecule is CC(C)c1ccc(CN2CCN(c3ccc(C#N)nc3)CC2)cc1. The molecule has 0 radical (unpaired) electrons. The van der Waals surface area contributed by atoms with E-state index in [0.29, 0.717) is 11.6 Å². The molecule has 0 N–H and O–H groups in total. The molecule has 124 valence electrons. The van der Waals surface area contributed by atoms with E-state index >= 15 is 0 Å². The van der Waals surface area contributed by atoms with Gasteiger partial charge < -0.3 is 4.90 Å². The average Bonchev–Trinajstić information content (AvgIpc) is 2.63. The van der Waals surface area contributed by atoms with E-state index < -0.39 is 0 Å². The zero-order valence-electron chi connectivity index (χ0n) is 14.4. The molecule has 2 heterocycles. The van der Waals surface area contributed by atoms with Crippen molar-refractivity contribution in [3.8, 4) is 6.07 Å². The Morgan fingerprint density at radius 2 is 1.75 bits per heavy atom. The van der Waals surface area contributed by atoms with Gasteiger partial charge in [0.25, 0.3) is 0 Å². The smallest absolute Gasteiger partial charge is 0.140 e. The quantitative estimate of drug-likeness (QED) is 0.866. The van der Waals surface area contributed by atoms with Crippen molar-refractivity contribution in [2.24, 2.45) is 0 Å². The molecule has 0 unspecified atom stereocenters. The molecule has 1 aromatic heterocycles. The van der Waals surface area contributed by atoms with Crippen molar-refractivity contribution < 1.29 is 0 Å². The first-order valence-electron chi connectivity index (χ1n) is 8.58. The van der Waals surface area contributed by atoms with Gasteiger partial charge in [-0.3, -0.25) is 4.90 Å². The molecule has 4 heteroatoms. The van der Waals surface area contributed by atoms with Crippen molar-refractivity contribution in [3.63, 3.8) is 0 Å². The topological polar surface area (TPSA) is 43.2 Å². The lowest BCUT2D eigenvalue weighted by Gasteiger charge is -2.36. The minimum atomic E-state index is 0.474. The van der Waals surface area contributed by atoms with Crippen LogP contribution in [0.2, 0.25) is 0 Å². The molecule has 0 saturated carbocycles. The van der Waals surface area contributed by atoms with Gasteiger partial charge in [0, 0.05) is 32.7 Å². The summed E-state index contributed by atoms with van der Waals surface area (Å²) in [5.41, 5.74) is 4.36. The summed E-state index contributed by atoms with van der Waals surface area (Å²) < 4.78 is 0. The van der Waals surface area contributed by atoms with Gasteiger partial charge in [0.2, 0.25) is 0 Å². The third kappa shape index (κ3) is 3.93. The normalized spacial score (nSPS) is 15.5. The van der Waals surface area contributed by atoms with Crippen LogP contribution in [-0.4, -0.2) is 36.1 Å². The molecule has 0 bridgehead atoms. The Hall–Kier alpha value is -2.38. The maximum Gasteiger partial charge on any atom is 0.140 e. The Morgan fingerprint density at radius 1 is 1.04 bits per heavy atom. The van der Waals surface area contributed by atoms with E-state index in [1.165, 1.54) is 11.1 Å². The van der Waals surface area contributed by atoms with E-state index in [2.05, 4.69) is 59.0 Å². The van der Waals surface area contributed by atoms with Crippen LogP contribution in [0.1, 0.15) is 36.6 Å². The largest absolute Gasteiger partial charge is 0.368 e. The highest BCUT2D eigenvalue weighted by Crippen LogP contribution is 2.18. The Labute approximate surface area is 144 Å². The van der Waals surface area contributed by atoms with Crippen molar-refractivity contribution in [1.82, 2.24) is 9.88 Å². The number of benzene rings is 1. The summed E-state index contributed by atoms with van der Waals surface area (Å²) in [5.74, 6) is 0.587. The standard InChI is InChI=1S/C20H24N4/c1-16(2)18-5-3-17(4-6-18)15-23-9-11-24(12-10-23)20-8-7-19(13-21)22-14-20/h3-8,14,16H,9-12,15H2,1-2H3. The second-order valence-electron chi connectivity index (χ2n) is 6.67. The fourth-order valence-corrected chi connectivity index (χ4v) is 3.07. The van der Waals surface area contributed by atoms with Gasteiger partial charge in [-0.05, 0) is 29.2 Å². The summed E-state index contributed by atoms with van der Waals surface area (Å²) in [6, 6.07) is 14.9. The van der Waals surface area contributed by atoms with Gasteiger partial charge in [-0.2, -0.15) is 5.26 Å². The van der Waals surface area contributed by atoms with Crippen molar-refractivity contribution in [1.29, 1.82) is 5.26 Å². The summed E-state index contributed by atoms with van der Waals surface area (Å²) in [6.45, 7) is 9.56. The molecule has 24 heavy (non-hydrogen) atoms. The minimum absolute atomic E-state index is 0.474. The number of hydrogen-bond donors (Lipinski definition) is 0. The molecule has 1 aliphatic rings. The number of piperazine rings is 1. The van der Waals surface area contributed by atoms with Crippen LogP contribution in [0, 0.1) is 11.3 Å².